The highest BCUT2D eigenvalue weighted by Gasteiger charge is 2.54. The van der Waals surface area contributed by atoms with Crippen LogP contribution in [0.3, 0.4) is 0 Å². The first-order valence-corrected chi connectivity index (χ1v) is 8.55. The summed E-state index contributed by atoms with van der Waals surface area (Å²) in [4.78, 5) is 16.6. The maximum absolute atomic E-state index is 13.6. The van der Waals surface area contributed by atoms with E-state index in [1.807, 2.05) is 31.2 Å². The fraction of sp³-hybridized carbons (Fsp3) is 0.250. The van der Waals surface area contributed by atoms with Gasteiger partial charge in [-0.3, -0.25) is 4.79 Å². The first-order valence-electron chi connectivity index (χ1n) is 8.55. The number of amides is 1. The zero-order chi connectivity index (χ0) is 18.3. The third kappa shape index (κ3) is 2.87. The van der Waals surface area contributed by atoms with Gasteiger partial charge in [-0.2, -0.15) is 5.10 Å². The molecule has 2 aromatic carbocycles. The van der Waals surface area contributed by atoms with Gasteiger partial charge in [-0.1, -0.05) is 42.0 Å². The van der Waals surface area contributed by atoms with Gasteiger partial charge in [-0.05, 0) is 37.5 Å². The highest BCUT2D eigenvalue weighted by atomic mass is 19.1. The van der Waals surface area contributed by atoms with E-state index >= 15 is 0 Å². The molecular formula is C20H19FN4O. The van der Waals surface area contributed by atoms with Gasteiger partial charge in [0.25, 0.3) is 0 Å². The van der Waals surface area contributed by atoms with Gasteiger partial charge < -0.3 is 5.73 Å². The van der Waals surface area contributed by atoms with E-state index in [0.717, 1.165) is 5.56 Å². The predicted molar refractivity (Wildman–Crippen MR) is 95.8 cm³/mol. The van der Waals surface area contributed by atoms with Crippen molar-refractivity contribution in [1.82, 2.24) is 14.8 Å². The smallest absolute Gasteiger partial charge is 0.231 e. The Balaban J connectivity index is 1.78. The Morgan fingerprint density at radius 3 is 2.58 bits per heavy atom. The second kappa shape index (κ2) is 6.05. The van der Waals surface area contributed by atoms with Crippen molar-refractivity contribution in [3.8, 4) is 11.4 Å². The summed E-state index contributed by atoms with van der Waals surface area (Å²) < 4.78 is 15.3. The average Bonchev–Trinajstić information content (AvgIpc) is 3.32. The maximum Gasteiger partial charge on any atom is 0.231 e. The van der Waals surface area contributed by atoms with Gasteiger partial charge in [0.1, 0.15) is 17.1 Å². The molecule has 5 nitrogen and oxygen atoms in total. The molecule has 132 valence electrons. The molecule has 3 aromatic rings. The lowest BCUT2D eigenvalue weighted by molar-refractivity contribution is -0.120. The summed E-state index contributed by atoms with van der Waals surface area (Å²) in [5.41, 5.74) is 7.68. The highest BCUT2D eigenvalue weighted by molar-refractivity contribution is 5.89. The Morgan fingerprint density at radius 1 is 1.23 bits per heavy atom. The summed E-state index contributed by atoms with van der Waals surface area (Å²) >= 11 is 0. The van der Waals surface area contributed by atoms with E-state index in [0.29, 0.717) is 36.6 Å². The van der Waals surface area contributed by atoms with Crippen molar-refractivity contribution in [1.29, 1.82) is 0 Å². The number of halogens is 1. The van der Waals surface area contributed by atoms with Gasteiger partial charge in [0.2, 0.25) is 5.91 Å². The zero-order valence-corrected chi connectivity index (χ0v) is 14.4. The quantitative estimate of drug-likeness (QED) is 0.769. The minimum absolute atomic E-state index is 0.352. The molecule has 1 heterocycles. The number of nitrogens with two attached hydrogens (primary N) is 1. The van der Waals surface area contributed by atoms with Gasteiger partial charge >= 0.3 is 0 Å². The van der Waals surface area contributed by atoms with Crippen molar-refractivity contribution in [2.24, 2.45) is 5.73 Å². The first kappa shape index (κ1) is 16.4. The van der Waals surface area contributed by atoms with Gasteiger partial charge in [-0.25, -0.2) is 14.1 Å². The van der Waals surface area contributed by atoms with Crippen molar-refractivity contribution < 1.29 is 9.18 Å². The number of nitrogens with zero attached hydrogens (tertiary/aromatic N) is 3. The predicted octanol–water partition coefficient (Wildman–Crippen LogP) is 2.96. The number of benzene rings is 2. The molecule has 2 N–H and O–H groups in total. The normalized spacial score (nSPS) is 15.0. The molecule has 0 unspecified atom stereocenters. The molecule has 1 amide bonds. The van der Waals surface area contributed by atoms with Crippen LogP contribution >= 0.6 is 0 Å². The number of aryl methyl sites for hydroxylation is 1. The maximum atomic E-state index is 13.6. The van der Waals surface area contributed by atoms with Crippen LogP contribution in [0.15, 0.2) is 48.5 Å². The molecule has 4 rings (SSSR count). The number of primary amides is 1. The highest BCUT2D eigenvalue weighted by Crippen LogP contribution is 2.47. The van der Waals surface area contributed by atoms with Crippen LogP contribution in [0.2, 0.25) is 0 Å². The number of carbonyl (C=O) groups is 1. The summed E-state index contributed by atoms with van der Waals surface area (Å²) in [6.07, 6.45) is 1.33. The topological polar surface area (TPSA) is 73.8 Å². The largest absolute Gasteiger partial charge is 0.369 e. The lowest BCUT2D eigenvalue weighted by Gasteiger charge is -2.12. The molecule has 1 aromatic heterocycles. The van der Waals surface area contributed by atoms with Crippen molar-refractivity contribution in [2.45, 2.75) is 31.7 Å². The van der Waals surface area contributed by atoms with Crippen molar-refractivity contribution in [3.05, 3.63) is 71.3 Å². The molecule has 0 atom stereocenters. The summed E-state index contributed by atoms with van der Waals surface area (Å²) in [6, 6.07) is 14.2. The van der Waals surface area contributed by atoms with Crippen molar-refractivity contribution in [3.63, 3.8) is 0 Å². The van der Waals surface area contributed by atoms with E-state index in [1.165, 1.54) is 17.7 Å². The summed E-state index contributed by atoms with van der Waals surface area (Å²) in [6.45, 7) is 2.51. The fourth-order valence-corrected chi connectivity index (χ4v) is 3.13. The number of aromatic nitrogens is 3. The molecule has 26 heavy (non-hydrogen) atoms. The van der Waals surface area contributed by atoms with Gasteiger partial charge in [-0.15, -0.1) is 0 Å². The van der Waals surface area contributed by atoms with Crippen LogP contribution in [-0.2, 0) is 16.8 Å². The average molecular weight is 350 g/mol. The van der Waals surface area contributed by atoms with Gasteiger partial charge in [0, 0.05) is 5.56 Å². The van der Waals surface area contributed by atoms with Crippen LogP contribution in [-0.4, -0.2) is 20.7 Å². The van der Waals surface area contributed by atoms with Crippen LogP contribution in [0, 0.1) is 12.7 Å². The molecule has 1 saturated carbocycles. The van der Waals surface area contributed by atoms with Crippen molar-refractivity contribution >= 4 is 5.91 Å². The lowest BCUT2D eigenvalue weighted by atomic mass is 10.1. The number of rotatable bonds is 5. The minimum Gasteiger partial charge on any atom is -0.369 e. The Labute approximate surface area is 150 Å². The van der Waals surface area contributed by atoms with Crippen LogP contribution in [0.25, 0.3) is 11.4 Å². The second-order valence-electron chi connectivity index (χ2n) is 6.86. The van der Waals surface area contributed by atoms with Crippen molar-refractivity contribution in [2.75, 3.05) is 0 Å². The van der Waals surface area contributed by atoms with E-state index in [9.17, 15) is 9.18 Å². The number of hydrogen-bond donors (Lipinski definition) is 1. The van der Waals surface area contributed by atoms with E-state index < -0.39 is 5.41 Å². The Kier molecular flexibility index (Phi) is 3.83. The zero-order valence-electron chi connectivity index (χ0n) is 14.4. The molecule has 6 heteroatoms. The molecule has 0 aliphatic heterocycles. The Morgan fingerprint density at radius 2 is 1.96 bits per heavy atom. The van der Waals surface area contributed by atoms with Crippen LogP contribution < -0.4 is 5.73 Å². The Hall–Kier alpha value is -3.02. The van der Waals surface area contributed by atoms with Gasteiger partial charge in [0.05, 0.1) is 6.54 Å². The molecule has 0 saturated heterocycles. The van der Waals surface area contributed by atoms with Gasteiger partial charge in [0.15, 0.2) is 5.82 Å². The number of carbonyl (C=O) groups excluding carboxylic acids is 1. The standard InChI is InChI=1S/C20H19FN4O/c1-13-5-7-14(8-6-13)12-25-19(20(9-10-20)18(22)26)23-17(24-25)15-3-2-4-16(21)11-15/h2-8,11H,9-10,12H2,1H3,(H2,22,26). The minimum atomic E-state index is -0.761. The second-order valence-corrected chi connectivity index (χ2v) is 6.86. The molecule has 0 spiro atoms. The molecule has 0 bridgehead atoms. The molecule has 1 fully saturated rings. The summed E-state index contributed by atoms with van der Waals surface area (Å²) in [7, 11) is 0. The molecule has 0 radical (unpaired) electrons. The van der Waals surface area contributed by atoms with Crippen LogP contribution in [0.5, 0.6) is 0 Å². The van der Waals surface area contributed by atoms with E-state index in [1.54, 1.807) is 16.8 Å². The fourth-order valence-electron chi connectivity index (χ4n) is 3.13. The van der Waals surface area contributed by atoms with E-state index in [4.69, 9.17) is 5.73 Å². The third-order valence-corrected chi connectivity index (χ3v) is 4.86. The third-order valence-electron chi connectivity index (χ3n) is 4.86. The van der Waals surface area contributed by atoms with Crippen LogP contribution in [0.4, 0.5) is 4.39 Å². The molecular weight excluding hydrogens is 331 g/mol. The lowest BCUT2D eigenvalue weighted by Crippen LogP contribution is -2.31. The van der Waals surface area contributed by atoms with E-state index in [2.05, 4.69) is 10.1 Å². The summed E-state index contributed by atoms with van der Waals surface area (Å²) in [5, 5.41) is 4.56. The summed E-state index contributed by atoms with van der Waals surface area (Å²) in [5.74, 6) is 0.222. The molecule has 1 aliphatic carbocycles. The SMILES string of the molecule is Cc1ccc(Cn2nc(-c3cccc(F)c3)nc2C2(C(N)=O)CC2)cc1. The number of hydrogen-bond acceptors (Lipinski definition) is 3. The Bertz CT molecular complexity index is 974. The first-order chi connectivity index (χ1) is 12.5. The van der Waals surface area contributed by atoms with E-state index in [-0.39, 0.29) is 11.7 Å². The molecule has 1 aliphatic rings. The van der Waals surface area contributed by atoms with Crippen LogP contribution in [0.1, 0.15) is 29.8 Å². The monoisotopic (exact) mass is 350 g/mol.